The Bertz CT molecular complexity index is 542. The molecule has 0 spiro atoms. The van der Waals surface area contributed by atoms with Gasteiger partial charge in [0.05, 0.1) is 5.02 Å². The maximum atomic E-state index is 5.94. The molecule has 1 heterocycles. The van der Waals surface area contributed by atoms with Crippen LogP contribution in [0, 0.1) is 0 Å². The van der Waals surface area contributed by atoms with Gasteiger partial charge < -0.3 is 10.5 Å². The number of halogens is 3. The number of benzene rings is 1. The van der Waals surface area contributed by atoms with Crippen molar-refractivity contribution in [2.24, 2.45) is 0 Å². The average molecular weight is 291 g/mol. The lowest BCUT2D eigenvalue weighted by Crippen LogP contribution is -1.97. The lowest BCUT2D eigenvalue weighted by Gasteiger charge is -2.07. The van der Waals surface area contributed by atoms with E-state index >= 15 is 0 Å². The van der Waals surface area contributed by atoms with E-state index in [1.54, 1.807) is 18.2 Å². The number of nitrogens with two attached hydrogens (primary N) is 1. The molecule has 1 aromatic heterocycles. The zero-order chi connectivity index (χ0) is 12.4. The minimum atomic E-state index is 0.0255. The lowest BCUT2D eigenvalue weighted by molar-refractivity contribution is 0.463. The van der Waals surface area contributed by atoms with E-state index in [-0.39, 0.29) is 17.0 Å². The SMILES string of the molecule is Nc1nc(Cl)cc(Oc2ccc(Cl)cc2Cl)n1. The molecule has 0 atom stereocenters. The zero-order valence-electron chi connectivity index (χ0n) is 8.32. The van der Waals surface area contributed by atoms with Crippen molar-refractivity contribution in [3.05, 3.63) is 39.5 Å². The lowest BCUT2D eigenvalue weighted by atomic mass is 10.3. The van der Waals surface area contributed by atoms with Crippen molar-refractivity contribution < 1.29 is 4.74 Å². The third-order valence-corrected chi connectivity index (χ3v) is 2.52. The number of hydrogen-bond acceptors (Lipinski definition) is 4. The van der Waals surface area contributed by atoms with Crippen molar-refractivity contribution in [1.29, 1.82) is 0 Å². The van der Waals surface area contributed by atoms with Crippen LogP contribution in [0.4, 0.5) is 5.95 Å². The third-order valence-electron chi connectivity index (χ3n) is 1.80. The van der Waals surface area contributed by atoms with Gasteiger partial charge in [0.1, 0.15) is 10.9 Å². The van der Waals surface area contributed by atoms with Crippen LogP contribution in [-0.2, 0) is 0 Å². The van der Waals surface area contributed by atoms with Crippen LogP contribution >= 0.6 is 34.8 Å². The molecule has 0 saturated heterocycles. The zero-order valence-corrected chi connectivity index (χ0v) is 10.6. The second-order valence-electron chi connectivity index (χ2n) is 3.06. The largest absolute Gasteiger partial charge is 0.437 e. The van der Waals surface area contributed by atoms with Crippen LogP contribution < -0.4 is 10.5 Å². The van der Waals surface area contributed by atoms with Gasteiger partial charge in [-0.2, -0.15) is 4.98 Å². The van der Waals surface area contributed by atoms with E-state index in [9.17, 15) is 0 Å². The van der Waals surface area contributed by atoms with E-state index in [0.29, 0.717) is 15.8 Å². The predicted octanol–water partition coefficient (Wildman–Crippen LogP) is 3.81. The molecule has 0 aliphatic heterocycles. The van der Waals surface area contributed by atoms with Gasteiger partial charge in [0.25, 0.3) is 0 Å². The normalized spacial score (nSPS) is 10.3. The van der Waals surface area contributed by atoms with Crippen LogP contribution in [0.25, 0.3) is 0 Å². The summed E-state index contributed by atoms with van der Waals surface area (Å²) < 4.78 is 5.42. The van der Waals surface area contributed by atoms with E-state index in [1.807, 2.05) is 0 Å². The van der Waals surface area contributed by atoms with Crippen LogP contribution in [0.1, 0.15) is 0 Å². The van der Waals surface area contributed by atoms with Crippen LogP contribution in [0.15, 0.2) is 24.3 Å². The van der Waals surface area contributed by atoms with Crippen molar-refractivity contribution in [2.45, 2.75) is 0 Å². The predicted molar refractivity (Wildman–Crippen MR) is 68.0 cm³/mol. The van der Waals surface area contributed by atoms with Crippen LogP contribution in [0.5, 0.6) is 11.6 Å². The van der Waals surface area contributed by atoms with Gasteiger partial charge in [-0.25, -0.2) is 4.98 Å². The van der Waals surface area contributed by atoms with Gasteiger partial charge in [-0.05, 0) is 18.2 Å². The van der Waals surface area contributed by atoms with Crippen molar-refractivity contribution in [1.82, 2.24) is 9.97 Å². The summed E-state index contributed by atoms with van der Waals surface area (Å²) in [5, 5.41) is 1.07. The molecule has 88 valence electrons. The van der Waals surface area contributed by atoms with Gasteiger partial charge in [0, 0.05) is 11.1 Å². The Morgan fingerprint density at radius 3 is 2.47 bits per heavy atom. The summed E-state index contributed by atoms with van der Waals surface area (Å²) in [5.74, 6) is 0.648. The molecule has 0 amide bonds. The Kier molecular flexibility index (Phi) is 3.57. The van der Waals surface area contributed by atoms with Crippen LogP contribution in [-0.4, -0.2) is 9.97 Å². The molecule has 0 aliphatic rings. The second-order valence-corrected chi connectivity index (χ2v) is 4.29. The molecule has 0 saturated carbocycles. The van der Waals surface area contributed by atoms with E-state index in [1.165, 1.54) is 6.07 Å². The standard InChI is InChI=1S/C10H6Cl3N3O/c11-5-1-2-7(6(12)3-5)17-9-4-8(13)15-10(14)16-9/h1-4H,(H2,14,15,16). The minimum absolute atomic E-state index is 0.0255. The maximum absolute atomic E-state index is 5.94. The highest BCUT2D eigenvalue weighted by atomic mass is 35.5. The van der Waals surface area contributed by atoms with Gasteiger partial charge in [0.15, 0.2) is 0 Å². The summed E-state index contributed by atoms with van der Waals surface area (Å²) in [5.41, 5.74) is 5.43. The molecule has 0 radical (unpaired) electrons. The molecule has 1 aromatic carbocycles. The van der Waals surface area contributed by atoms with E-state index < -0.39 is 0 Å². The van der Waals surface area contributed by atoms with Gasteiger partial charge in [-0.3, -0.25) is 0 Å². The fourth-order valence-corrected chi connectivity index (χ4v) is 1.76. The van der Waals surface area contributed by atoms with E-state index in [4.69, 9.17) is 45.3 Å². The molecular formula is C10H6Cl3N3O. The first-order chi connectivity index (χ1) is 8.04. The summed E-state index contributed by atoms with van der Waals surface area (Å²) in [6.07, 6.45) is 0. The summed E-state index contributed by atoms with van der Waals surface area (Å²) in [6, 6.07) is 6.26. The molecule has 4 nitrogen and oxygen atoms in total. The Hall–Kier alpha value is -1.23. The summed E-state index contributed by atoms with van der Waals surface area (Å²) in [7, 11) is 0. The highest BCUT2D eigenvalue weighted by molar-refractivity contribution is 6.35. The highest BCUT2D eigenvalue weighted by Gasteiger charge is 2.07. The first-order valence-electron chi connectivity index (χ1n) is 4.47. The first-order valence-corrected chi connectivity index (χ1v) is 5.61. The fourth-order valence-electron chi connectivity index (χ4n) is 1.14. The molecular weight excluding hydrogens is 284 g/mol. The smallest absolute Gasteiger partial charge is 0.225 e. The molecule has 7 heteroatoms. The fraction of sp³-hybridized carbons (Fsp3) is 0. The highest BCUT2D eigenvalue weighted by Crippen LogP contribution is 2.31. The number of aromatic nitrogens is 2. The molecule has 2 N–H and O–H groups in total. The quantitative estimate of drug-likeness (QED) is 0.854. The molecule has 2 aromatic rings. The number of ether oxygens (including phenoxy) is 1. The topological polar surface area (TPSA) is 61.0 Å². The van der Waals surface area contributed by atoms with Crippen molar-refractivity contribution >= 4 is 40.8 Å². The third kappa shape index (κ3) is 3.12. The Balaban J connectivity index is 2.31. The minimum Gasteiger partial charge on any atom is -0.437 e. The summed E-state index contributed by atoms with van der Waals surface area (Å²) in [4.78, 5) is 7.57. The van der Waals surface area contributed by atoms with Crippen LogP contribution in [0.3, 0.4) is 0 Å². The molecule has 17 heavy (non-hydrogen) atoms. The van der Waals surface area contributed by atoms with Crippen molar-refractivity contribution in [3.63, 3.8) is 0 Å². The number of anilines is 1. The molecule has 0 unspecified atom stereocenters. The molecule has 0 fully saturated rings. The van der Waals surface area contributed by atoms with Gasteiger partial charge in [0.2, 0.25) is 11.8 Å². The Labute approximate surface area is 112 Å². The number of nitrogen functional groups attached to an aromatic ring is 1. The van der Waals surface area contributed by atoms with Crippen molar-refractivity contribution in [3.8, 4) is 11.6 Å². The Morgan fingerprint density at radius 1 is 1.06 bits per heavy atom. The van der Waals surface area contributed by atoms with E-state index in [2.05, 4.69) is 9.97 Å². The van der Waals surface area contributed by atoms with Gasteiger partial charge >= 0.3 is 0 Å². The number of nitrogens with zero attached hydrogens (tertiary/aromatic N) is 2. The van der Waals surface area contributed by atoms with Gasteiger partial charge in [-0.1, -0.05) is 34.8 Å². The molecule has 0 bridgehead atoms. The summed E-state index contributed by atoms with van der Waals surface area (Å²) >= 11 is 17.4. The van der Waals surface area contributed by atoms with Crippen molar-refractivity contribution in [2.75, 3.05) is 5.73 Å². The number of hydrogen-bond donors (Lipinski definition) is 1. The average Bonchev–Trinajstić information content (AvgIpc) is 2.21. The van der Waals surface area contributed by atoms with E-state index in [0.717, 1.165) is 0 Å². The second kappa shape index (κ2) is 4.96. The molecule has 0 aliphatic carbocycles. The summed E-state index contributed by atoms with van der Waals surface area (Å²) in [6.45, 7) is 0. The Morgan fingerprint density at radius 2 is 1.82 bits per heavy atom. The molecule has 2 rings (SSSR count). The monoisotopic (exact) mass is 289 g/mol. The van der Waals surface area contributed by atoms with Crippen LogP contribution in [0.2, 0.25) is 15.2 Å². The first kappa shape index (κ1) is 12.2. The van der Waals surface area contributed by atoms with Gasteiger partial charge in [-0.15, -0.1) is 0 Å². The number of rotatable bonds is 2. The maximum Gasteiger partial charge on any atom is 0.225 e.